The largest absolute Gasteiger partial charge is 0.467 e. The standard InChI is InChI=1S/C10H19NO3/c1-8(2)6-4-5-7-9(11-13)10(12)14-3/h8-9H,4-7H2,1-3H3. The smallest absolute Gasteiger partial charge is 0.334 e. The summed E-state index contributed by atoms with van der Waals surface area (Å²) in [5, 5.41) is 2.75. The minimum absolute atomic E-state index is 0.503. The molecule has 0 aromatic rings. The lowest BCUT2D eigenvalue weighted by atomic mass is 10.0. The fourth-order valence-corrected chi connectivity index (χ4v) is 1.24. The van der Waals surface area contributed by atoms with Crippen molar-refractivity contribution in [1.29, 1.82) is 0 Å². The molecule has 0 spiro atoms. The van der Waals surface area contributed by atoms with E-state index in [1.54, 1.807) is 0 Å². The van der Waals surface area contributed by atoms with Gasteiger partial charge >= 0.3 is 5.97 Å². The molecule has 0 aromatic carbocycles. The normalized spacial score (nSPS) is 12.6. The summed E-state index contributed by atoms with van der Waals surface area (Å²) >= 11 is 0. The zero-order valence-corrected chi connectivity index (χ0v) is 9.16. The summed E-state index contributed by atoms with van der Waals surface area (Å²) in [6.45, 7) is 4.30. The van der Waals surface area contributed by atoms with Crippen molar-refractivity contribution in [2.75, 3.05) is 7.11 Å². The zero-order chi connectivity index (χ0) is 11.0. The Labute approximate surface area is 85.0 Å². The van der Waals surface area contributed by atoms with Gasteiger partial charge in [0.1, 0.15) is 0 Å². The highest BCUT2D eigenvalue weighted by Crippen LogP contribution is 2.11. The van der Waals surface area contributed by atoms with Gasteiger partial charge in [0.2, 0.25) is 0 Å². The van der Waals surface area contributed by atoms with Crippen LogP contribution in [0.15, 0.2) is 5.18 Å². The molecule has 4 nitrogen and oxygen atoms in total. The maximum atomic E-state index is 11.0. The maximum Gasteiger partial charge on any atom is 0.334 e. The average Bonchev–Trinajstić information content (AvgIpc) is 2.16. The van der Waals surface area contributed by atoms with E-state index in [0.29, 0.717) is 12.3 Å². The van der Waals surface area contributed by atoms with Crippen molar-refractivity contribution in [1.82, 2.24) is 0 Å². The molecule has 1 unspecified atom stereocenters. The molecule has 0 saturated carbocycles. The van der Waals surface area contributed by atoms with E-state index in [1.807, 2.05) is 0 Å². The Morgan fingerprint density at radius 2 is 1.86 bits per heavy atom. The molecular formula is C10H19NO3. The van der Waals surface area contributed by atoms with E-state index in [2.05, 4.69) is 23.8 Å². The number of hydrogen-bond acceptors (Lipinski definition) is 4. The first kappa shape index (κ1) is 13.1. The quantitative estimate of drug-likeness (QED) is 0.361. The molecule has 0 aliphatic heterocycles. The van der Waals surface area contributed by atoms with E-state index >= 15 is 0 Å². The van der Waals surface area contributed by atoms with Crippen LogP contribution in [-0.4, -0.2) is 19.1 Å². The number of carbonyl (C=O) groups is 1. The molecule has 14 heavy (non-hydrogen) atoms. The van der Waals surface area contributed by atoms with Crippen LogP contribution >= 0.6 is 0 Å². The average molecular weight is 201 g/mol. The van der Waals surface area contributed by atoms with Gasteiger partial charge in [0, 0.05) is 0 Å². The highest BCUT2D eigenvalue weighted by atomic mass is 16.5. The van der Waals surface area contributed by atoms with Gasteiger partial charge in [-0.15, -0.1) is 4.91 Å². The van der Waals surface area contributed by atoms with Crippen LogP contribution in [0.2, 0.25) is 0 Å². The molecule has 1 atom stereocenters. The van der Waals surface area contributed by atoms with Gasteiger partial charge in [-0.1, -0.05) is 38.3 Å². The highest BCUT2D eigenvalue weighted by molar-refractivity contribution is 5.75. The Kier molecular flexibility index (Phi) is 6.98. The Hall–Kier alpha value is -0.930. The number of unbranched alkanes of at least 4 members (excludes halogenated alkanes) is 1. The third-order valence-electron chi connectivity index (χ3n) is 2.11. The Bertz CT molecular complexity index is 180. The third kappa shape index (κ3) is 5.67. The van der Waals surface area contributed by atoms with E-state index in [4.69, 9.17) is 0 Å². The van der Waals surface area contributed by atoms with Gasteiger partial charge in [-0.3, -0.25) is 0 Å². The first-order valence-electron chi connectivity index (χ1n) is 5.02. The van der Waals surface area contributed by atoms with Gasteiger partial charge in [-0.2, -0.15) is 0 Å². The molecule has 82 valence electrons. The number of rotatable bonds is 7. The van der Waals surface area contributed by atoms with Gasteiger partial charge in [0.15, 0.2) is 6.04 Å². The zero-order valence-electron chi connectivity index (χ0n) is 9.16. The Morgan fingerprint density at radius 1 is 1.29 bits per heavy atom. The van der Waals surface area contributed by atoms with Crippen LogP contribution in [0.5, 0.6) is 0 Å². The first-order valence-corrected chi connectivity index (χ1v) is 5.02. The van der Waals surface area contributed by atoms with E-state index in [9.17, 15) is 9.70 Å². The number of nitrogens with zero attached hydrogens (tertiary/aromatic N) is 1. The monoisotopic (exact) mass is 201 g/mol. The van der Waals surface area contributed by atoms with Gasteiger partial charge < -0.3 is 4.74 Å². The molecular weight excluding hydrogens is 182 g/mol. The van der Waals surface area contributed by atoms with Crippen molar-refractivity contribution < 1.29 is 9.53 Å². The second-order valence-corrected chi connectivity index (χ2v) is 3.82. The van der Waals surface area contributed by atoms with Crippen molar-refractivity contribution >= 4 is 5.97 Å². The van der Waals surface area contributed by atoms with E-state index in [1.165, 1.54) is 7.11 Å². The van der Waals surface area contributed by atoms with Gasteiger partial charge in [0.25, 0.3) is 0 Å². The summed E-state index contributed by atoms with van der Waals surface area (Å²) in [6, 6.07) is -0.813. The summed E-state index contributed by atoms with van der Waals surface area (Å²) in [5.74, 6) is 0.139. The SMILES string of the molecule is COC(=O)C(CCCCC(C)C)N=O. The lowest BCUT2D eigenvalue weighted by Gasteiger charge is -2.07. The summed E-state index contributed by atoms with van der Waals surface area (Å²) in [4.78, 5) is 21.2. The maximum absolute atomic E-state index is 11.0. The van der Waals surface area contributed by atoms with Crippen LogP contribution in [-0.2, 0) is 9.53 Å². The molecule has 0 saturated heterocycles. The summed E-state index contributed by atoms with van der Waals surface area (Å²) in [5.41, 5.74) is 0. The van der Waals surface area contributed by atoms with E-state index in [0.717, 1.165) is 19.3 Å². The molecule has 0 N–H and O–H groups in total. The number of hydrogen-bond donors (Lipinski definition) is 0. The first-order chi connectivity index (χ1) is 6.61. The molecule has 0 radical (unpaired) electrons. The van der Waals surface area contributed by atoms with Crippen LogP contribution in [0, 0.1) is 10.8 Å². The number of nitroso groups, excluding NO2 is 1. The lowest BCUT2D eigenvalue weighted by Crippen LogP contribution is -2.19. The predicted molar refractivity (Wildman–Crippen MR) is 54.9 cm³/mol. The molecule has 0 bridgehead atoms. The number of carbonyl (C=O) groups excluding carboxylic acids is 1. The van der Waals surface area contributed by atoms with Crippen LogP contribution in [0.3, 0.4) is 0 Å². The minimum Gasteiger partial charge on any atom is -0.467 e. The van der Waals surface area contributed by atoms with Crippen molar-refractivity contribution in [3.63, 3.8) is 0 Å². The van der Waals surface area contributed by atoms with Crippen molar-refractivity contribution in [2.45, 2.75) is 45.6 Å². The van der Waals surface area contributed by atoms with Gasteiger partial charge in [-0.05, 0) is 12.3 Å². The topological polar surface area (TPSA) is 55.7 Å². The van der Waals surface area contributed by atoms with Crippen molar-refractivity contribution in [3.8, 4) is 0 Å². The third-order valence-corrected chi connectivity index (χ3v) is 2.11. The minimum atomic E-state index is -0.813. The molecule has 0 amide bonds. The molecule has 0 aliphatic rings. The van der Waals surface area contributed by atoms with Crippen LogP contribution in [0.25, 0.3) is 0 Å². The number of methoxy groups -OCH3 is 1. The summed E-state index contributed by atoms with van der Waals surface area (Å²) in [6.07, 6.45) is 3.50. The number of esters is 1. The van der Waals surface area contributed by atoms with Crippen LogP contribution < -0.4 is 0 Å². The molecule has 0 fully saturated rings. The van der Waals surface area contributed by atoms with Gasteiger partial charge in [-0.25, -0.2) is 4.79 Å². The van der Waals surface area contributed by atoms with E-state index in [-0.39, 0.29) is 0 Å². The molecule has 0 aliphatic carbocycles. The van der Waals surface area contributed by atoms with Crippen LogP contribution in [0.1, 0.15) is 39.5 Å². The van der Waals surface area contributed by atoms with E-state index < -0.39 is 12.0 Å². The molecule has 0 rings (SSSR count). The lowest BCUT2D eigenvalue weighted by molar-refractivity contribution is -0.142. The van der Waals surface area contributed by atoms with Crippen molar-refractivity contribution in [3.05, 3.63) is 4.91 Å². The summed E-state index contributed by atoms with van der Waals surface area (Å²) < 4.78 is 4.45. The molecule has 0 heterocycles. The van der Waals surface area contributed by atoms with Crippen LogP contribution in [0.4, 0.5) is 0 Å². The van der Waals surface area contributed by atoms with Crippen molar-refractivity contribution in [2.24, 2.45) is 11.1 Å². The fourth-order valence-electron chi connectivity index (χ4n) is 1.24. The highest BCUT2D eigenvalue weighted by Gasteiger charge is 2.18. The second-order valence-electron chi connectivity index (χ2n) is 3.82. The molecule has 4 heteroatoms. The Balaban J connectivity index is 3.63. The molecule has 0 aromatic heterocycles. The summed E-state index contributed by atoms with van der Waals surface area (Å²) in [7, 11) is 1.27. The Morgan fingerprint density at radius 3 is 2.29 bits per heavy atom. The van der Waals surface area contributed by atoms with Gasteiger partial charge in [0.05, 0.1) is 7.11 Å². The predicted octanol–water partition coefficient (Wildman–Crippen LogP) is 2.51. The number of ether oxygens (including phenoxy) is 1. The fraction of sp³-hybridized carbons (Fsp3) is 0.900. The second kappa shape index (κ2) is 7.47.